The zero-order valence-corrected chi connectivity index (χ0v) is 33.3. The van der Waals surface area contributed by atoms with Crippen LogP contribution < -0.4 is 21.3 Å². The van der Waals surface area contributed by atoms with Gasteiger partial charge >= 0.3 is 0 Å². The summed E-state index contributed by atoms with van der Waals surface area (Å²) in [6, 6.07) is 25.5. The average Bonchev–Trinajstić information content (AvgIpc) is 3.19. The number of benzene rings is 5. The van der Waals surface area contributed by atoms with Crippen molar-refractivity contribution < 1.29 is 28.8 Å². The number of halogens is 4. The molecule has 0 saturated heterocycles. The smallest absolute Gasteiger partial charge is 0.258 e. The highest BCUT2D eigenvalue weighted by atomic mass is 35.5. The van der Waals surface area contributed by atoms with E-state index >= 15 is 0 Å². The highest BCUT2D eigenvalue weighted by Crippen LogP contribution is 2.37. The molecule has 0 aromatic heterocycles. The molecule has 4 amide bonds. The number of carbonyl (C=O) groups excluding carboxylic acids is 6. The largest absolute Gasteiger partial charge is 0.322 e. The van der Waals surface area contributed by atoms with Crippen molar-refractivity contribution in [1.82, 2.24) is 0 Å². The van der Waals surface area contributed by atoms with Crippen LogP contribution in [0.25, 0.3) is 0 Å². The van der Waals surface area contributed by atoms with Gasteiger partial charge in [-0.25, -0.2) is 0 Å². The van der Waals surface area contributed by atoms with Crippen LogP contribution in [-0.4, -0.2) is 47.3 Å². The van der Waals surface area contributed by atoms with Crippen molar-refractivity contribution in [2.24, 2.45) is 20.5 Å². The summed E-state index contributed by atoms with van der Waals surface area (Å²) in [5.41, 5.74) is 1.18. The number of rotatable bonds is 14. The van der Waals surface area contributed by atoms with Gasteiger partial charge in [-0.2, -0.15) is 20.5 Å². The Hall–Kier alpha value is -6.32. The monoisotopic (exact) mass is 858 g/mol. The van der Waals surface area contributed by atoms with Crippen LogP contribution in [0.2, 0.25) is 20.1 Å². The molecule has 5 aromatic rings. The molecule has 5 aromatic carbocycles. The average molecular weight is 861 g/mol. The second kappa shape index (κ2) is 19.7. The SMILES string of the molecule is CC(=O)C(N=Nc1cccc(C(=O)Nc2ccccc2)c1Cl)C(=O)Nc1ccc(NC(=O)C(N=Nc2cccc(C(=O)Nc3ccccc3)c2Cl)C(C)=O)c(Cl)c1Cl. The fourth-order valence-electron chi connectivity index (χ4n) is 5.01. The minimum Gasteiger partial charge on any atom is -0.322 e. The minimum absolute atomic E-state index is 0.0221. The summed E-state index contributed by atoms with van der Waals surface area (Å²) >= 11 is 25.8. The summed E-state index contributed by atoms with van der Waals surface area (Å²) < 4.78 is 0. The molecule has 14 nitrogen and oxygen atoms in total. The van der Waals surface area contributed by atoms with E-state index in [-0.39, 0.29) is 54.0 Å². The lowest BCUT2D eigenvalue weighted by molar-refractivity contribution is -0.127. The summed E-state index contributed by atoms with van der Waals surface area (Å²) in [7, 11) is 0. The lowest BCUT2D eigenvalue weighted by Gasteiger charge is -2.15. The molecule has 294 valence electrons. The molecular weight excluding hydrogens is 830 g/mol. The Morgan fingerprint density at radius 1 is 0.448 bits per heavy atom. The zero-order chi connectivity index (χ0) is 41.9. The highest BCUT2D eigenvalue weighted by Gasteiger charge is 2.27. The number of nitrogens with zero attached hydrogens (tertiary/aromatic N) is 4. The van der Waals surface area contributed by atoms with E-state index in [1.54, 1.807) is 60.7 Å². The Balaban J connectivity index is 1.26. The Morgan fingerprint density at radius 2 is 0.810 bits per heavy atom. The molecule has 2 atom stereocenters. The van der Waals surface area contributed by atoms with Gasteiger partial charge in [0.15, 0.2) is 11.6 Å². The van der Waals surface area contributed by atoms with Crippen LogP contribution in [0.4, 0.5) is 34.1 Å². The Kier molecular flexibility index (Phi) is 14.5. The summed E-state index contributed by atoms with van der Waals surface area (Å²) in [4.78, 5) is 77.2. The molecule has 2 unspecified atom stereocenters. The summed E-state index contributed by atoms with van der Waals surface area (Å²) in [5, 5.41) is 25.5. The number of carbonyl (C=O) groups is 6. The first-order valence-electron chi connectivity index (χ1n) is 17.0. The third-order valence-corrected chi connectivity index (χ3v) is 9.61. The third-order valence-electron chi connectivity index (χ3n) is 7.94. The first-order chi connectivity index (χ1) is 27.7. The van der Waals surface area contributed by atoms with Crippen molar-refractivity contribution in [3.63, 3.8) is 0 Å². The van der Waals surface area contributed by atoms with Gasteiger partial charge in [-0.05, 0) is 74.5 Å². The number of para-hydroxylation sites is 2. The number of amides is 4. The van der Waals surface area contributed by atoms with Gasteiger partial charge in [0.1, 0.15) is 11.4 Å². The summed E-state index contributed by atoms with van der Waals surface area (Å²) in [6.45, 7) is 2.25. The molecule has 5 rings (SSSR count). The van der Waals surface area contributed by atoms with Crippen LogP contribution in [0.15, 0.2) is 130 Å². The molecule has 0 aliphatic carbocycles. The third kappa shape index (κ3) is 10.7. The quantitative estimate of drug-likeness (QED) is 0.0632. The fourth-order valence-corrected chi connectivity index (χ4v) is 5.93. The maximum atomic E-state index is 13.2. The standard InChI is InChI=1S/C40H30Cl4N8O6/c1-21(53)35(51-49-29-17-9-15-25(31(29)41)37(55)45-23-11-5-3-6-12-23)39(57)47-27-19-20-28(34(44)33(27)43)48-40(58)36(22(2)54)52-50-30-18-10-16-26(32(30)42)38(56)46-24-13-7-4-8-14-24/h3-20,35-36H,1-2H3,(H,45,55)(H,46,56)(H,47,57)(H,48,58). The summed E-state index contributed by atoms with van der Waals surface area (Å²) in [5.74, 6) is -4.27. The molecule has 0 aliphatic heterocycles. The molecule has 0 radical (unpaired) electrons. The van der Waals surface area contributed by atoms with Crippen LogP contribution >= 0.6 is 46.4 Å². The first-order valence-corrected chi connectivity index (χ1v) is 18.5. The molecule has 0 bridgehead atoms. The minimum atomic E-state index is -1.67. The van der Waals surface area contributed by atoms with Gasteiger partial charge in [0.2, 0.25) is 12.1 Å². The van der Waals surface area contributed by atoms with Crippen LogP contribution in [0.1, 0.15) is 34.6 Å². The highest BCUT2D eigenvalue weighted by molar-refractivity contribution is 6.46. The van der Waals surface area contributed by atoms with Gasteiger partial charge in [-0.15, -0.1) is 0 Å². The first kappa shape index (κ1) is 42.8. The van der Waals surface area contributed by atoms with Crippen molar-refractivity contribution in [1.29, 1.82) is 0 Å². The molecule has 18 heteroatoms. The molecule has 0 heterocycles. The maximum Gasteiger partial charge on any atom is 0.258 e. The van der Waals surface area contributed by atoms with E-state index in [0.29, 0.717) is 11.4 Å². The van der Waals surface area contributed by atoms with Gasteiger partial charge in [-0.1, -0.05) is 94.9 Å². The predicted octanol–water partition coefficient (Wildman–Crippen LogP) is 10.2. The van der Waals surface area contributed by atoms with Gasteiger partial charge in [-0.3, -0.25) is 28.8 Å². The number of anilines is 4. The topological polar surface area (TPSA) is 200 Å². The maximum absolute atomic E-state index is 13.2. The zero-order valence-electron chi connectivity index (χ0n) is 30.3. The number of nitrogens with one attached hydrogen (secondary N) is 4. The van der Waals surface area contributed by atoms with E-state index in [1.165, 1.54) is 48.5 Å². The number of hydrogen-bond acceptors (Lipinski definition) is 10. The van der Waals surface area contributed by atoms with Gasteiger partial charge in [0.05, 0.1) is 42.6 Å². The fraction of sp³-hybridized carbons (Fsp3) is 0.100. The number of ketones is 2. The summed E-state index contributed by atoms with van der Waals surface area (Å²) in [6.07, 6.45) is 0. The predicted molar refractivity (Wildman–Crippen MR) is 223 cm³/mol. The van der Waals surface area contributed by atoms with Gasteiger partial charge in [0.25, 0.3) is 23.6 Å². The lowest BCUT2D eigenvalue weighted by atomic mass is 10.1. The van der Waals surface area contributed by atoms with Crippen molar-refractivity contribution >= 4 is 116 Å². The van der Waals surface area contributed by atoms with Crippen molar-refractivity contribution in [3.05, 3.63) is 140 Å². The molecule has 4 N–H and O–H groups in total. The molecule has 0 spiro atoms. The molecule has 0 aliphatic rings. The Bertz CT molecular complexity index is 2300. The van der Waals surface area contributed by atoms with Gasteiger partial charge < -0.3 is 21.3 Å². The second-order valence-corrected chi connectivity index (χ2v) is 13.7. The molecule has 0 fully saturated rings. The van der Waals surface area contributed by atoms with Crippen LogP contribution in [-0.2, 0) is 19.2 Å². The Labute approximate surface area is 351 Å². The lowest BCUT2D eigenvalue weighted by Crippen LogP contribution is -2.32. The van der Waals surface area contributed by atoms with Crippen molar-refractivity contribution in [2.45, 2.75) is 25.9 Å². The van der Waals surface area contributed by atoms with E-state index < -0.39 is 47.3 Å². The van der Waals surface area contributed by atoms with E-state index in [0.717, 1.165) is 13.8 Å². The van der Waals surface area contributed by atoms with Crippen molar-refractivity contribution in [3.8, 4) is 0 Å². The van der Waals surface area contributed by atoms with E-state index in [1.807, 2.05) is 0 Å². The van der Waals surface area contributed by atoms with Crippen LogP contribution in [0.5, 0.6) is 0 Å². The molecular formula is C40H30Cl4N8O6. The van der Waals surface area contributed by atoms with Crippen molar-refractivity contribution in [2.75, 3.05) is 21.3 Å². The molecule has 58 heavy (non-hydrogen) atoms. The number of Topliss-reactive ketones (excluding diaryl/α,β-unsaturated/α-hetero) is 2. The van der Waals surface area contributed by atoms with Gasteiger partial charge in [0, 0.05) is 11.4 Å². The Morgan fingerprint density at radius 3 is 1.16 bits per heavy atom. The number of hydrogen-bond donors (Lipinski definition) is 4. The van der Waals surface area contributed by atoms with E-state index in [9.17, 15) is 28.8 Å². The van der Waals surface area contributed by atoms with Crippen LogP contribution in [0.3, 0.4) is 0 Å². The van der Waals surface area contributed by atoms with E-state index in [2.05, 4.69) is 41.7 Å². The molecule has 0 saturated carbocycles. The number of azo groups is 2. The van der Waals surface area contributed by atoms with Crippen LogP contribution in [0, 0.1) is 0 Å². The normalized spacial score (nSPS) is 12.1. The second-order valence-electron chi connectivity index (χ2n) is 12.1. The van der Waals surface area contributed by atoms with E-state index in [4.69, 9.17) is 46.4 Å².